The van der Waals surface area contributed by atoms with Crippen LogP contribution in [-0.4, -0.2) is 30.4 Å². The number of carbonyl (C=O) groups excluding carboxylic acids is 1. The van der Waals surface area contributed by atoms with Crippen LogP contribution in [0, 0.1) is 0 Å². The van der Waals surface area contributed by atoms with E-state index in [0.717, 1.165) is 32.3 Å². The average molecular weight is 244 g/mol. The van der Waals surface area contributed by atoms with E-state index in [2.05, 4.69) is 34.5 Å². The van der Waals surface area contributed by atoms with Crippen molar-refractivity contribution < 1.29 is 4.79 Å². The zero-order valence-electron chi connectivity index (χ0n) is 10.6. The Morgan fingerprint density at radius 1 is 1.17 bits per heavy atom. The van der Waals surface area contributed by atoms with E-state index < -0.39 is 0 Å². The molecule has 1 aliphatic heterocycles. The highest BCUT2D eigenvalue weighted by molar-refractivity contribution is 5.52. The van der Waals surface area contributed by atoms with Crippen molar-refractivity contribution >= 4 is 6.41 Å². The van der Waals surface area contributed by atoms with E-state index in [4.69, 9.17) is 0 Å². The first-order valence-electron chi connectivity index (χ1n) is 6.87. The number of rotatable bonds is 4. The van der Waals surface area contributed by atoms with Gasteiger partial charge >= 0.3 is 0 Å². The fraction of sp³-hybridized carbons (Fsp3) is 0.533. The van der Waals surface area contributed by atoms with Crippen LogP contribution in [0.1, 0.15) is 31.2 Å². The van der Waals surface area contributed by atoms with Crippen molar-refractivity contribution in [1.29, 1.82) is 0 Å². The first-order valence-corrected chi connectivity index (χ1v) is 6.87. The van der Waals surface area contributed by atoms with Gasteiger partial charge in [0.15, 0.2) is 0 Å². The number of hydrogen-bond donors (Lipinski definition) is 1. The molecule has 18 heavy (non-hydrogen) atoms. The highest BCUT2D eigenvalue weighted by Gasteiger charge is 2.45. The summed E-state index contributed by atoms with van der Waals surface area (Å²) in [6, 6.07) is 11.0. The summed E-state index contributed by atoms with van der Waals surface area (Å²) in [5, 5.41) is 3.40. The van der Waals surface area contributed by atoms with Gasteiger partial charge in [-0.3, -0.25) is 4.79 Å². The number of hydrogen-bond acceptors (Lipinski definition) is 2. The molecule has 3 rings (SSSR count). The Morgan fingerprint density at radius 2 is 1.83 bits per heavy atom. The number of benzene rings is 1. The van der Waals surface area contributed by atoms with Gasteiger partial charge in [-0.15, -0.1) is 0 Å². The number of carbonyl (C=O) groups is 1. The van der Waals surface area contributed by atoms with Gasteiger partial charge in [0.2, 0.25) is 6.41 Å². The molecule has 2 fully saturated rings. The highest BCUT2D eigenvalue weighted by atomic mass is 16.1. The number of nitrogens with one attached hydrogen (secondary N) is 1. The van der Waals surface area contributed by atoms with Crippen LogP contribution in [-0.2, 0) is 10.3 Å². The second kappa shape index (κ2) is 4.73. The third-order valence-electron chi connectivity index (χ3n) is 4.29. The minimum atomic E-state index is -0.0740. The molecule has 3 heteroatoms. The molecule has 0 radical (unpaired) electrons. The molecule has 1 heterocycles. The largest absolute Gasteiger partial charge is 0.332 e. The second-order valence-electron chi connectivity index (χ2n) is 5.39. The smallest absolute Gasteiger partial charge is 0.210 e. The van der Waals surface area contributed by atoms with E-state index in [1.165, 1.54) is 18.4 Å². The van der Waals surface area contributed by atoms with Crippen molar-refractivity contribution in [2.75, 3.05) is 13.1 Å². The van der Waals surface area contributed by atoms with Crippen LogP contribution < -0.4 is 5.32 Å². The van der Waals surface area contributed by atoms with Crippen molar-refractivity contribution in [3.05, 3.63) is 35.9 Å². The van der Waals surface area contributed by atoms with Gasteiger partial charge in [-0.25, -0.2) is 0 Å². The zero-order chi connectivity index (χ0) is 12.4. The van der Waals surface area contributed by atoms with E-state index in [9.17, 15) is 4.79 Å². The molecular weight excluding hydrogens is 224 g/mol. The summed E-state index contributed by atoms with van der Waals surface area (Å²) < 4.78 is 0. The molecule has 1 amide bonds. The maximum Gasteiger partial charge on any atom is 0.210 e. The normalized spacial score (nSPS) is 22.4. The first-order chi connectivity index (χ1) is 8.87. The predicted molar refractivity (Wildman–Crippen MR) is 71.1 cm³/mol. The average Bonchev–Trinajstić information content (AvgIpc) is 3.26. The molecule has 1 saturated heterocycles. The Kier molecular flexibility index (Phi) is 3.08. The second-order valence-corrected chi connectivity index (χ2v) is 5.39. The summed E-state index contributed by atoms with van der Waals surface area (Å²) in [6.07, 6.45) is 5.45. The Bertz CT molecular complexity index is 408. The van der Waals surface area contributed by atoms with Crippen LogP contribution in [0.2, 0.25) is 0 Å². The molecule has 0 aromatic heterocycles. The van der Waals surface area contributed by atoms with Crippen molar-refractivity contribution in [1.82, 2.24) is 10.2 Å². The summed E-state index contributed by atoms with van der Waals surface area (Å²) >= 11 is 0. The molecule has 1 aliphatic carbocycles. The minimum Gasteiger partial charge on any atom is -0.332 e. The Labute approximate surface area is 108 Å². The molecule has 0 atom stereocenters. The minimum absolute atomic E-state index is 0.0740. The number of piperidine rings is 1. The lowest BCUT2D eigenvalue weighted by Gasteiger charge is -2.45. The lowest BCUT2D eigenvalue weighted by Crippen LogP contribution is -2.52. The Balaban J connectivity index is 1.99. The fourth-order valence-electron chi connectivity index (χ4n) is 3.17. The maximum absolute atomic E-state index is 11.6. The van der Waals surface area contributed by atoms with Gasteiger partial charge in [0.1, 0.15) is 0 Å². The standard InChI is InChI=1S/C15H20N2O/c18-12-17(14-6-7-14)15(8-10-16-11-9-15)13-4-2-1-3-5-13/h1-5,12,14,16H,6-11H2. The van der Waals surface area contributed by atoms with Gasteiger partial charge in [0.25, 0.3) is 0 Å². The van der Waals surface area contributed by atoms with E-state index in [0.29, 0.717) is 6.04 Å². The van der Waals surface area contributed by atoms with Crippen molar-refractivity contribution in [2.24, 2.45) is 0 Å². The van der Waals surface area contributed by atoms with Gasteiger partial charge in [0, 0.05) is 6.04 Å². The molecule has 0 bridgehead atoms. The van der Waals surface area contributed by atoms with Gasteiger partial charge in [-0.1, -0.05) is 30.3 Å². The maximum atomic E-state index is 11.6. The van der Waals surface area contributed by atoms with Crippen molar-refractivity contribution in [3.63, 3.8) is 0 Å². The van der Waals surface area contributed by atoms with Gasteiger partial charge in [-0.05, 0) is 44.3 Å². The SMILES string of the molecule is O=CN(C1CC1)C1(c2ccccc2)CCNCC1. The quantitative estimate of drug-likeness (QED) is 0.820. The van der Waals surface area contributed by atoms with Crippen LogP contribution in [0.5, 0.6) is 0 Å². The summed E-state index contributed by atoms with van der Waals surface area (Å²) in [4.78, 5) is 13.7. The van der Waals surface area contributed by atoms with E-state index >= 15 is 0 Å². The van der Waals surface area contributed by atoms with Crippen LogP contribution in [0.4, 0.5) is 0 Å². The lowest BCUT2D eigenvalue weighted by molar-refractivity contribution is -0.126. The Morgan fingerprint density at radius 3 is 2.39 bits per heavy atom. The van der Waals surface area contributed by atoms with Crippen LogP contribution >= 0.6 is 0 Å². The molecule has 1 aromatic carbocycles. The molecule has 1 N–H and O–H groups in total. The molecule has 2 aliphatic rings. The summed E-state index contributed by atoms with van der Waals surface area (Å²) in [5.74, 6) is 0. The fourth-order valence-corrected chi connectivity index (χ4v) is 3.17. The van der Waals surface area contributed by atoms with Crippen LogP contribution in [0.3, 0.4) is 0 Å². The van der Waals surface area contributed by atoms with Crippen molar-refractivity contribution in [2.45, 2.75) is 37.3 Å². The van der Waals surface area contributed by atoms with Gasteiger partial charge < -0.3 is 10.2 Å². The third-order valence-corrected chi connectivity index (χ3v) is 4.29. The molecule has 1 aromatic rings. The summed E-state index contributed by atoms with van der Waals surface area (Å²) in [6.45, 7) is 1.98. The molecule has 96 valence electrons. The van der Waals surface area contributed by atoms with Crippen molar-refractivity contribution in [3.8, 4) is 0 Å². The zero-order valence-corrected chi connectivity index (χ0v) is 10.6. The summed E-state index contributed by atoms with van der Waals surface area (Å²) in [5.41, 5.74) is 1.22. The summed E-state index contributed by atoms with van der Waals surface area (Å²) in [7, 11) is 0. The highest BCUT2D eigenvalue weighted by Crippen LogP contribution is 2.42. The molecule has 1 saturated carbocycles. The molecule has 3 nitrogen and oxygen atoms in total. The molecular formula is C15H20N2O. The third kappa shape index (κ3) is 1.93. The molecule has 0 unspecified atom stereocenters. The van der Waals surface area contributed by atoms with E-state index in [1.807, 2.05) is 6.07 Å². The lowest BCUT2D eigenvalue weighted by atomic mass is 9.80. The van der Waals surface area contributed by atoms with Crippen LogP contribution in [0.15, 0.2) is 30.3 Å². The van der Waals surface area contributed by atoms with Gasteiger partial charge in [0.05, 0.1) is 5.54 Å². The molecule has 0 spiro atoms. The monoisotopic (exact) mass is 244 g/mol. The topological polar surface area (TPSA) is 32.3 Å². The number of amides is 1. The number of nitrogens with zero attached hydrogens (tertiary/aromatic N) is 1. The predicted octanol–water partition coefficient (Wildman–Crippen LogP) is 1.89. The van der Waals surface area contributed by atoms with Gasteiger partial charge in [-0.2, -0.15) is 0 Å². The van der Waals surface area contributed by atoms with Crippen LogP contribution in [0.25, 0.3) is 0 Å². The first kappa shape index (κ1) is 11.7. The van der Waals surface area contributed by atoms with E-state index in [-0.39, 0.29) is 5.54 Å². The Hall–Kier alpha value is -1.35. The van der Waals surface area contributed by atoms with E-state index in [1.54, 1.807) is 0 Å².